The van der Waals surface area contributed by atoms with E-state index >= 15 is 0 Å². The highest BCUT2D eigenvalue weighted by molar-refractivity contribution is 8.23. The van der Waals surface area contributed by atoms with Gasteiger partial charge in [0.25, 0.3) is 0 Å². The van der Waals surface area contributed by atoms with E-state index in [4.69, 9.17) is 17.0 Å². The van der Waals surface area contributed by atoms with E-state index in [9.17, 15) is 9.59 Å². The van der Waals surface area contributed by atoms with Crippen LogP contribution in [0.4, 0.5) is 10.5 Å². The molecule has 3 amide bonds. The van der Waals surface area contributed by atoms with Crippen LogP contribution in [0.5, 0.6) is 0 Å². The molecule has 0 aliphatic heterocycles. The summed E-state index contributed by atoms with van der Waals surface area (Å²) in [4.78, 5) is 22.9. The monoisotopic (exact) mass is 298 g/mol. The minimum Gasteiger partial charge on any atom is -0.482 e. The van der Waals surface area contributed by atoms with Gasteiger partial charge in [0.2, 0.25) is 10.3 Å². The van der Waals surface area contributed by atoms with Crippen LogP contribution in [0.3, 0.4) is 0 Å². The Morgan fingerprint density at radius 2 is 1.95 bits per heavy atom. The number of methoxy groups -OCH3 is 1. The normalized spacial score (nSPS) is 9.58. The van der Waals surface area contributed by atoms with Crippen molar-refractivity contribution in [3.05, 3.63) is 29.8 Å². The quantitative estimate of drug-likeness (QED) is 0.838. The summed E-state index contributed by atoms with van der Waals surface area (Å²) < 4.78 is 4.98. The maximum Gasteiger partial charge on any atom is 0.325 e. The van der Waals surface area contributed by atoms with Gasteiger partial charge in [0.1, 0.15) is 0 Å². The number of rotatable bonds is 3. The molecule has 2 N–H and O–H groups in total. The molecule has 7 heteroatoms. The number of amides is 3. The van der Waals surface area contributed by atoms with Crippen LogP contribution >= 0.6 is 24.0 Å². The third-order valence-corrected chi connectivity index (χ3v) is 3.38. The molecule has 102 valence electrons. The van der Waals surface area contributed by atoms with E-state index in [-0.39, 0.29) is 10.1 Å². The third-order valence-electron chi connectivity index (χ3n) is 2.05. The number of urea groups is 1. The Balaban J connectivity index is 2.36. The van der Waals surface area contributed by atoms with Crippen molar-refractivity contribution < 1.29 is 14.3 Å². The van der Waals surface area contributed by atoms with Gasteiger partial charge < -0.3 is 10.1 Å². The SMILES string of the molecule is COC(=S)SCC(=O)NC(=O)Nc1ccc(C)cc1. The highest BCUT2D eigenvalue weighted by Crippen LogP contribution is 2.08. The molecule has 0 bridgehead atoms. The zero-order chi connectivity index (χ0) is 14.3. The van der Waals surface area contributed by atoms with Crippen LogP contribution in [0.15, 0.2) is 24.3 Å². The Morgan fingerprint density at radius 1 is 1.32 bits per heavy atom. The molecule has 19 heavy (non-hydrogen) atoms. The van der Waals surface area contributed by atoms with Gasteiger partial charge in [-0.05, 0) is 31.3 Å². The molecule has 0 aromatic heterocycles. The summed E-state index contributed by atoms with van der Waals surface area (Å²) in [6, 6.07) is 6.68. The van der Waals surface area contributed by atoms with Crippen LogP contribution in [0.1, 0.15) is 5.56 Å². The highest BCUT2D eigenvalue weighted by atomic mass is 32.2. The topological polar surface area (TPSA) is 67.4 Å². The van der Waals surface area contributed by atoms with Gasteiger partial charge in [0.15, 0.2) is 0 Å². The average molecular weight is 298 g/mol. The summed E-state index contributed by atoms with van der Waals surface area (Å²) in [5.41, 5.74) is 1.71. The van der Waals surface area contributed by atoms with Crippen molar-refractivity contribution in [2.45, 2.75) is 6.92 Å². The Labute approximate surface area is 121 Å². The lowest BCUT2D eigenvalue weighted by molar-refractivity contribution is -0.117. The fraction of sp³-hybridized carbons (Fsp3) is 0.250. The molecule has 0 atom stereocenters. The highest BCUT2D eigenvalue weighted by Gasteiger charge is 2.09. The molecule has 0 unspecified atom stereocenters. The smallest absolute Gasteiger partial charge is 0.325 e. The molecule has 0 radical (unpaired) electrons. The van der Waals surface area contributed by atoms with Crippen LogP contribution in [0.25, 0.3) is 0 Å². The lowest BCUT2D eigenvalue weighted by Crippen LogP contribution is -2.35. The summed E-state index contributed by atoms with van der Waals surface area (Å²) >= 11 is 5.82. The fourth-order valence-corrected chi connectivity index (χ4v) is 1.76. The minimum atomic E-state index is -0.571. The summed E-state index contributed by atoms with van der Waals surface area (Å²) in [6.45, 7) is 1.95. The second kappa shape index (κ2) is 7.75. The van der Waals surface area contributed by atoms with Crippen molar-refractivity contribution in [1.82, 2.24) is 5.32 Å². The Morgan fingerprint density at radius 3 is 2.53 bits per heavy atom. The van der Waals surface area contributed by atoms with Gasteiger partial charge in [-0.25, -0.2) is 4.79 Å². The van der Waals surface area contributed by atoms with Gasteiger partial charge in [-0.3, -0.25) is 10.1 Å². The molecule has 0 fully saturated rings. The molecule has 1 rings (SSSR count). The summed E-state index contributed by atoms with van der Waals surface area (Å²) in [5, 5.41) is 4.75. The molecular weight excluding hydrogens is 284 g/mol. The van der Waals surface area contributed by atoms with Gasteiger partial charge in [-0.2, -0.15) is 0 Å². The van der Waals surface area contributed by atoms with Crippen molar-refractivity contribution in [1.29, 1.82) is 0 Å². The Kier molecular flexibility index (Phi) is 6.31. The molecule has 0 aliphatic carbocycles. The lowest BCUT2D eigenvalue weighted by Gasteiger charge is -2.07. The second-order valence-electron chi connectivity index (χ2n) is 3.61. The second-order valence-corrected chi connectivity index (χ2v) is 5.19. The maximum atomic E-state index is 11.5. The van der Waals surface area contributed by atoms with Crippen molar-refractivity contribution in [2.24, 2.45) is 0 Å². The van der Waals surface area contributed by atoms with Crippen molar-refractivity contribution >= 4 is 46.0 Å². The van der Waals surface area contributed by atoms with Crippen molar-refractivity contribution in [3.8, 4) is 0 Å². The van der Waals surface area contributed by atoms with E-state index in [1.165, 1.54) is 7.11 Å². The van der Waals surface area contributed by atoms with Gasteiger partial charge in [0, 0.05) is 5.69 Å². The predicted octanol–water partition coefficient (Wildman–Crippen LogP) is 2.31. The summed E-state index contributed by atoms with van der Waals surface area (Å²) in [7, 11) is 1.43. The number of aryl methyl sites for hydroxylation is 1. The maximum absolute atomic E-state index is 11.5. The number of thiocarbonyl (C=S) groups is 1. The van der Waals surface area contributed by atoms with Crippen molar-refractivity contribution in [3.63, 3.8) is 0 Å². The first-order valence-corrected chi connectivity index (χ1v) is 6.79. The van der Waals surface area contributed by atoms with E-state index in [2.05, 4.69) is 10.6 Å². The Hall–Kier alpha value is -1.60. The average Bonchev–Trinajstić information content (AvgIpc) is 2.38. The fourth-order valence-electron chi connectivity index (χ4n) is 1.15. The van der Waals surface area contributed by atoms with E-state index < -0.39 is 11.9 Å². The number of hydrogen-bond donors (Lipinski definition) is 2. The van der Waals surface area contributed by atoms with Crippen LogP contribution in [-0.4, -0.2) is 29.2 Å². The molecule has 0 saturated heterocycles. The van der Waals surface area contributed by atoms with Crippen LogP contribution < -0.4 is 10.6 Å². The predicted molar refractivity (Wildman–Crippen MR) is 80.4 cm³/mol. The molecule has 1 aromatic carbocycles. The van der Waals surface area contributed by atoms with Crippen LogP contribution in [0, 0.1) is 6.92 Å². The zero-order valence-corrected chi connectivity index (χ0v) is 12.2. The number of hydrogen-bond acceptors (Lipinski definition) is 5. The van der Waals surface area contributed by atoms with E-state index in [0.29, 0.717) is 5.69 Å². The largest absolute Gasteiger partial charge is 0.482 e. The Bertz CT molecular complexity index is 474. The molecule has 5 nitrogen and oxygen atoms in total. The minimum absolute atomic E-state index is 0.0357. The molecule has 0 aliphatic rings. The van der Waals surface area contributed by atoms with E-state index in [1.807, 2.05) is 19.1 Å². The van der Waals surface area contributed by atoms with Gasteiger partial charge in [-0.1, -0.05) is 29.5 Å². The number of nitrogens with one attached hydrogen (secondary N) is 2. The first-order chi connectivity index (χ1) is 9.01. The lowest BCUT2D eigenvalue weighted by atomic mass is 10.2. The number of anilines is 1. The molecule has 0 spiro atoms. The number of carbonyl (C=O) groups excluding carboxylic acids is 2. The summed E-state index contributed by atoms with van der Waals surface area (Å²) in [6.07, 6.45) is 0. The third kappa shape index (κ3) is 6.21. The van der Waals surface area contributed by atoms with Gasteiger partial charge >= 0.3 is 6.03 Å². The van der Waals surface area contributed by atoms with E-state index in [1.54, 1.807) is 12.1 Å². The van der Waals surface area contributed by atoms with Crippen LogP contribution in [0.2, 0.25) is 0 Å². The van der Waals surface area contributed by atoms with Gasteiger partial charge in [0.05, 0.1) is 12.9 Å². The molecular formula is C12H14N2O3S2. The molecule has 0 saturated carbocycles. The summed E-state index contributed by atoms with van der Waals surface area (Å²) in [5.74, 6) is -0.400. The number of carbonyl (C=O) groups is 2. The van der Waals surface area contributed by atoms with E-state index in [0.717, 1.165) is 17.3 Å². The first kappa shape index (κ1) is 15.5. The first-order valence-electron chi connectivity index (χ1n) is 5.39. The van der Waals surface area contributed by atoms with Gasteiger partial charge in [-0.15, -0.1) is 0 Å². The molecule has 0 heterocycles. The number of benzene rings is 1. The number of thioether (sulfide) groups is 1. The number of ether oxygens (including phenoxy) is 1. The van der Waals surface area contributed by atoms with Crippen molar-refractivity contribution in [2.75, 3.05) is 18.2 Å². The zero-order valence-electron chi connectivity index (χ0n) is 10.6. The molecule has 1 aromatic rings. The van der Waals surface area contributed by atoms with Crippen LogP contribution in [-0.2, 0) is 9.53 Å². The standard InChI is InChI=1S/C12H14N2O3S2/c1-8-3-5-9(6-4-8)13-11(16)14-10(15)7-19-12(18)17-2/h3-6H,7H2,1-2H3,(H2,13,14,15,16). The number of imide groups is 1.